The maximum absolute atomic E-state index is 11.6. The maximum Gasteiger partial charge on any atom is 0.248 e. The fourth-order valence-corrected chi connectivity index (χ4v) is 2.81. The van der Waals surface area contributed by atoms with E-state index in [2.05, 4.69) is 33.9 Å². The lowest BCUT2D eigenvalue weighted by Gasteiger charge is -2.42. The number of ether oxygens (including phenoxy) is 2. The molecular weight excluding hydrogens is 310 g/mol. The van der Waals surface area contributed by atoms with Gasteiger partial charge in [0.2, 0.25) is 5.91 Å². The van der Waals surface area contributed by atoms with Crippen molar-refractivity contribution in [2.45, 2.75) is 45.4 Å². The van der Waals surface area contributed by atoms with Crippen molar-refractivity contribution in [3.05, 3.63) is 11.6 Å². The van der Waals surface area contributed by atoms with E-state index in [0.717, 1.165) is 31.2 Å². The van der Waals surface area contributed by atoms with Crippen molar-refractivity contribution in [2.24, 2.45) is 0 Å². The number of carbonyl (C=O) groups excluding carboxylic acids is 1. The molecule has 2 rings (SSSR count). The van der Waals surface area contributed by atoms with E-state index in [1.54, 1.807) is 14.1 Å². The van der Waals surface area contributed by atoms with Crippen LogP contribution in [0.5, 0.6) is 0 Å². The van der Waals surface area contributed by atoms with E-state index in [-0.39, 0.29) is 24.2 Å². The molecule has 0 aliphatic carbocycles. The number of amides is 1. The normalized spacial score (nSPS) is 21.0. The second-order valence-corrected chi connectivity index (χ2v) is 7.02. The Balaban J connectivity index is 1.87. The Hall–Kier alpha value is -1.51. The van der Waals surface area contributed by atoms with Crippen LogP contribution in [0.2, 0.25) is 0 Å². The maximum atomic E-state index is 11.6. The first-order chi connectivity index (χ1) is 11.3. The number of aromatic amines is 1. The molecule has 0 aromatic carbocycles. The number of likely N-dealkylation sites (N-methyl/N-ethyl adjacent to an activating group) is 1. The van der Waals surface area contributed by atoms with Gasteiger partial charge in [0.15, 0.2) is 0 Å². The van der Waals surface area contributed by atoms with E-state index in [1.807, 2.05) is 6.92 Å². The molecule has 136 valence electrons. The van der Waals surface area contributed by atoms with E-state index in [4.69, 9.17) is 9.47 Å². The van der Waals surface area contributed by atoms with E-state index >= 15 is 0 Å². The van der Waals surface area contributed by atoms with Gasteiger partial charge in [-0.15, -0.1) is 0 Å². The van der Waals surface area contributed by atoms with Crippen LogP contribution in [-0.4, -0.2) is 83.0 Å². The topological polar surface area (TPSA) is 83.6 Å². The summed E-state index contributed by atoms with van der Waals surface area (Å²) in [6.07, 6.45) is 0.749. The quantitative estimate of drug-likeness (QED) is 0.777. The number of hydrogen-bond acceptors (Lipinski definition) is 6. The molecule has 1 aromatic rings. The van der Waals surface area contributed by atoms with E-state index < -0.39 is 0 Å². The third-order valence-electron chi connectivity index (χ3n) is 3.85. The Morgan fingerprint density at radius 1 is 1.50 bits per heavy atom. The first kappa shape index (κ1) is 18.8. The lowest BCUT2D eigenvalue weighted by Crippen LogP contribution is -2.53. The minimum Gasteiger partial charge on any atom is -0.369 e. The highest BCUT2D eigenvalue weighted by molar-refractivity contribution is 5.76. The van der Waals surface area contributed by atoms with Crippen LogP contribution >= 0.6 is 0 Å². The van der Waals surface area contributed by atoms with E-state index in [1.165, 1.54) is 4.90 Å². The van der Waals surface area contributed by atoms with Crippen LogP contribution in [0.15, 0.2) is 0 Å². The molecule has 0 spiro atoms. The summed E-state index contributed by atoms with van der Waals surface area (Å²) in [5.74, 6) is 1.65. The second kappa shape index (κ2) is 8.04. The average molecular weight is 339 g/mol. The van der Waals surface area contributed by atoms with Gasteiger partial charge in [0, 0.05) is 33.6 Å². The van der Waals surface area contributed by atoms with Gasteiger partial charge in [-0.05, 0) is 13.8 Å². The van der Waals surface area contributed by atoms with Gasteiger partial charge in [-0.2, -0.15) is 5.10 Å². The number of nitrogens with zero attached hydrogens (tertiary/aromatic N) is 4. The molecule has 1 aliphatic heterocycles. The van der Waals surface area contributed by atoms with E-state index in [9.17, 15) is 4.79 Å². The van der Waals surface area contributed by atoms with Crippen molar-refractivity contribution in [1.82, 2.24) is 25.0 Å². The lowest BCUT2D eigenvalue weighted by molar-refractivity contribution is -0.161. The minimum absolute atomic E-state index is 0.0457. The molecule has 1 N–H and O–H groups in total. The Kier molecular flexibility index (Phi) is 6.31. The van der Waals surface area contributed by atoms with Gasteiger partial charge in [0.25, 0.3) is 0 Å². The molecule has 1 atom stereocenters. The number of aryl methyl sites for hydroxylation is 1. The van der Waals surface area contributed by atoms with Crippen LogP contribution < -0.4 is 0 Å². The number of H-pyrrole nitrogens is 1. The van der Waals surface area contributed by atoms with Crippen molar-refractivity contribution in [1.29, 1.82) is 0 Å². The molecule has 2 heterocycles. The van der Waals surface area contributed by atoms with Crippen molar-refractivity contribution in [3.63, 3.8) is 0 Å². The molecule has 24 heavy (non-hydrogen) atoms. The van der Waals surface area contributed by atoms with Gasteiger partial charge in [-0.3, -0.25) is 14.8 Å². The zero-order valence-electron chi connectivity index (χ0n) is 15.3. The molecule has 0 unspecified atom stereocenters. The standard InChI is InChI=1S/C16H29N5O3/c1-6-13-17-14(19-18-13)8-21-7-12(24-16(2,3)11-21)9-23-10-15(22)20(4)5/h12H,6-11H2,1-5H3,(H,17,18,19)/t12-/m0/s1. The summed E-state index contributed by atoms with van der Waals surface area (Å²) in [4.78, 5) is 19.9. The molecular formula is C16H29N5O3. The number of rotatable bonds is 7. The van der Waals surface area contributed by atoms with Gasteiger partial charge < -0.3 is 14.4 Å². The second-order valence-electron chi connectivity index (χ2n) is 7.02. The zero-order valence-corrected chi connectivity index (χ0v) is 15.3. The first-order valence-corrected chi connectivity index (χ1v) is 8.37. The Morgan fingerprint density at radius 2 is 2.25 bits per heavy atom. The molecule has 0 bridgehead atoms. The van der Waals surface area contributed by atoms with Crippen LogP contribution in [0.25, 0.3) is 0 Å². The highest BCUT2D eigenvalue weighted by Gasteiger charge is 2.34. The van der Waals surface area contributed by atoms with Crippen molar-refractivity contribution in [3.8, 4) is 0 Å². The molecule has 8 nitrogen and oxygen atoms in total. The summed E-state index contributed by atoms with van der Waals surface area (Å²) in [5.41, 5.74) is -0.272. The highest BCUT2D eigenvalue weighted by Crippen LogP contribution is 2.22. The van der Waals surface area contributed by atoms with Crippen LogP contribution in [0.1, 0.15) is 32.4 Å². The molecule has 1 aliphatic rings. The fourth-order valence-electron chi connectivity index (χ4n) is 2.81. The SMILES string of the molecule is CCc1n[nH]c(CN2C[C@@H](COCC(=O)N(C)C)OC(C)(C)C2)n1. The summed E-state index contributed by atoms with van der Waals surface area (Å²) in [6, 6.07) is 0. The first-order valence-electron chi connectivity index (χ1n) is 8.37. The van der Waals surface area contributed by atoms with Crippen molar-refractivity contribution in [2.75, 3.05) is 40.4 Å². The van der Waals surface area contributed by atoms with Crippen molar-refractivity contribution < 1.29 is 14.3 Å². The summed E-state index contributed by atoms with van der Waals surface area (Å²) < 4.78 is 11.6. The Bertz CT molecular complexity index is 544. The smallest absolute Gasteiger partial charge is 0.248 e. The van der Waals surface area contributed by atoms with Gasteiger partial charge in [-0.1, -0.05) is 6.92 Å². The van der Waals surface area contributed by atoms with Crippen molar-refractivity contribution >= 4 is 5.91 Å². The zero-order chi connectivity index (χ0) is 17.7. The Morgan fingerprint density at radius 3 is 2.88 bits per heavy atom. The molecule has 1 saturated heterocycles. The number of hydrogen-bond donors (Lipinski definition) is 1. The van der Waals surface area contributed by atoms with Crippen LogP contribution in [0, 0.1) is 0 Å². The molecule has 0 saturated carbocycles. The number of nitrogens with one attached hydrogen (secondary N) is 1. The number of carbonyl (C=O) groups is 1. The van der Waals surface area contributed by atoms with E-state index in [0.29, 0.717) is 13.2 Å². The predicted molar refractivity (Wildman–Crippen MR) is 89.5 cm³/mol. The summed E-state index contributed by atoms with van der Waals surface area (Å²) in [7, 11) is 3.44. The molecule has 8 heteroatoms. The predicted octanol–water partition coefficient (Wildman–Crippen LogP) is 0.451. The van der Waals surface area contributed by atoms with Crippen LogP contribution in [0.4, 0.5) is 0 Å². The molecule has 1 amide bonds. The molecule has 0 radical (unpaired) electrons. The van der Waals surface area contributed by atoms with Crippen LogP contribution in [-0.2, 0) is 27.2 Å². The van der Waals surface area contributed by atoms with Gasteiger partial charge in [-0.25, -0.2) is 4.98 Å². The third kappa shape index (κ3) is 5.54. The van der Waals surface area contributed by atoms with Gasteiger partial charge >= 0.3 is 0 Å². The summed E-state index contributed by atoms with van der Waals surface area (Å²) in [5, 5.41) is 7.17. The lowest BCUT2D eigenvalue weighted by atomic mass is 10.1. The highest BCUT2D eigenvalue weighted by atomic mass is 16.5. The molecule has 1 aromatic heterocycles. The van der Waals surface area contributed by atoms with Crippen LogP contribution in [0.3, 0.4) is 0 Å². The summed E-state index contributed by atoms with van der Waals surface area (Å²) in [6.45, 7) is 8.89. The monoisotopic (exact) mass is 339 g/mol. The average Bonchev–Trinajstić information content (AvgIpc) is 2.93. The summed E-state index contributed by atoms with van der Waals surface area (Å²) >= 11 is 0. The number of aromatic nitrogens is 3. The number of morpholine rings is 1. The fraction of sp³-hybridized carbons (Fsp3) is 0.812. The van der Waals surface area contributed by atoms with Gasteiger partial charge in [0.1, 0.15) is 18.3 Å². The Labute approximate surface area is 143 Å². The minimum atomic E-state index is -0.272. The third-order valence-corrected chi connectivity index (χ3v) is 3.85. The molecule has 1 fully saturated rings. The van der Waals surface area contributed by atoms with Gasteiger partial charge in [0.05, 0.1) is 24.9 Å². The largest absolute Gasteiger partial charge is 0.369 e.